The van der Waals surface area contributed by atoms with E-state index in [4.69, 9.17) is 0 Å². The number of hydrogen-bond donors (Lipinski definition) is 0. The Bertz CT molecular complexity index is 589. The second-order valence-electron chi connectivity index (χ2n) is 5.88. The number of unbranched alkanes of at least 4 members (excludes halogenated alkanes) is 4. The second-order valence-corrected chi connectivity index (χ2v) is 5.88. The summed E-state index contributed by atoms with van der Waals surface area (Å²) in [6.45, 7) is 4.06. The standard InChI is InChI=1S/C19H24FNO/c1-3-4-5-6-7-8-9-10-17-14(2)19(22)16-13-15(20)11-12-18(16)21-17/h8-9,11-14H,3-7,10H2,1-2H3. The average molecular weight is 301 g/mol. The molecule has 118 valence electrons. The van der Waals surface area contributed by atoms with E-state index in [1.807, 2.05) is 6.92 Å². The molecule has 0 aromatic heterocycles. The first kappa shape index (κ1) is 16.6. The molecule has 0 amide bonds. The van der Waals surface area contributed by atoms with E-state index in [0.29, 0.717) is 17.7 Å². The summed E-state index contributed by atoms with van der Waals surface area (Å²) in [5.41, 5.74) is 1.87. The molecule has 0 spiro atoms. The number of fused-ring (bicyclic) bond motifs is 1. The predicted octanol–water partition coefficient (Wildman–Crippen LogP) is 5.65. The van der Waals surface area contributed by atoms with Crippen LogP contribution in [0.15, 0.2) is 35.3 Å². The lowest BCUT2D eigenvalue weighted by Gasteiger charge is -2.19. The van der Waals surface area contributed by atoms with Crippen LogP contribution in [0.4, 0.5) is 10.1 Å². The summed E-state index contributed by atoms with van der Waals surface area (Å²) in [5, 5.41) is 0. The highest BCUT2D eigenvalue weighted by Crippen LogP contribution is 2.30. The van der Waals surface area contributed by atoms with Gasteiger partial charge in [-0.3, -0.25) is 9.79 Å². The van der Waals surface area contributed by atoms with Gasteiger partial charge in [-0.2, -0.15) is 0 Å². The average Bonchev–Trinajstić information content (AvgIpc) is 2.51. The lowest BCUT2D eigenvalue weighted by Crippen LogP contribution is -2.24. The van der Waals surface area contributed by atoms with Gasteiger partial charge in [-0.1, -0.05) is 38.3 Å². The van der Waals surface area contributed by atoms with Crippen molar-refractivity contribution in [1.29, 1.82) is 0 Å². The second kappa shape index (κ2) is 8.02. The van der Waals surface area contributed by atoms with E-state index in [1.165, 1.54) is 37.8 Å². The van der Waals surface area contributed by atoms with Gasteiger partial charge in [0.25, 0.3) is 0 Å². The summed E-state index contributed by atoms with van der Waals surface area (Å²) in [4.78, 5) is 16.9. The van der Waals surface area contributed by atoms with Crippen molar-refractivity contribution in [2.24, 2.45) is 10.9 Å². The van der Waals surface area contributed by atoms with Crippen molar-refractivity contribution < 1.29 is 9.18 Å². The maximum absolute atomic E-state index is 13.3. The molecule has 1 aliphatic rings. The Hall–Kier alpha value is -1.77. The summed E-state index contributed by atoms with van der Waals surface area (Å²) in [6, 6.07) is 4.23. The third-order valence-corrected chi connectivity index (χ3v) is 4.10. The van der Waals surface area contributed by atoms with Crippen molar-refractivity contribution in [2.75, 3.05) is 0 Å². The molecule has 22 heavy (non-hydrogen) atoms. The Morgan fingerprint density at radius 3 is 2.82 bits per heavy atom. The minimum absolute atomic E-state index is 0.0316. The van der Waals surface area contributed by atoms with Crippen LogP contribution in [0, 0.1) is 11.7 Å². The van der Waals surface area contributed by atoms with E-state index in [1.54, 1.807) is 6.07 Å². The third-order valence-electron chi connectivity index (χ3n) is 4.10. The number of hydrogen-bond acceptors (Lipinski definition) is 2. The fourth-order valence-corrected chi connectivity index (χ4v) is 2.67. The van der Waals surface area contributed by atoms with Crippen LogP contribution in [0.5, 0.6) is 0 Å². The van der Waals surface area contributed by atoms with Crippen LogP contribution in [0.1, 0.15) is 62.7 Å². The number of benzene rings is 1. The van der Waals surface area contributed by atoms with Crippen molar-refractivity contribution >= 4 is 17.2 Å². The molecule has 1 atom stereocenters. The molecule has 1 aromatic rings. The van der Waals surface area contributed by atoms with Gasteiger partial charge in [-0.25, -0.2) is 4.39 Å². The molecule has 2 nitrogen and oxygen atoms in total. The molecule has 2 rings (SSSR count). The number of allylic oxidation sites excluding steroid dienone is 2. The fraction of sp³-hybridized carbons (Fsp3) is 0.474. The molecule has 0 N–H and O–H groups in total. The molecular weight excluding hydrogens is 277 g/mol. The van der Waals surface area contributed by atoms with Crippen LogP contribution in [0.2, 0.25) is 0 Å². The molecule has 1 heterocycles. The first-order valence-corrected chi connectivity index (χ1v) is 8.19. The van der Waals surface area contributed by atoms with Crippen molar-refractivity contribution in [3.05, 3.63) is 41.7 Å². The summed E-state index contributed by atoms with van der Waals surface area (Å²) in [5.74, 6) is -0.681. The maximum Gasteiger partial charge on any atom is 0.173 e. The first-order chi connectivity index (χ1) is 10.6. The number of Topliss-reactive ketones (excluding diaryl/α,β-unsaturated/α-hetero) is 1. The molecule has 1 aromatic carbocycles. The van der Waals surface area contributed by atoms with Gasteiger partial charge < -0.3 is 0 Å². The highest BCUT2D eigenvalue weighted by atomic mass is 19.1. The van der Waals surface area contributed by atoms with E-state index in [9.17, 15) is 9.18 Å². The van der Waals surface area contributed by atoms with E-state index >= 15 is 0 Å². The SMILES string of the molecule is CCCCCCC=CCC1=Nc2ccc(F)cc2C(=O)C1C. The molecule has 0 aliphatic carbocycles. The van der Waals surface area contributed by atoms with Gasteiger partial charge in [0, 0.05) is 17.7 Å². The normalized spacial score (nSPS) is 17.7. The highest BCUT2D eigenvalue weighted by Gasteiger charge is 2.27. The smallest absolute Gasteiger partial charge is 0.173 e. The maximum atomic E-state index is 13.3. The molecule has 1 unspecified atom stereocenters. The Labute approximate surface area is 132 Å². The molecule has 0 radical (unpaired) electrons. The number of aliphatic imine (C=N–C) groups is 1. The minimum Gasteiger partial charge on any atom is -0.293 e. The fourth-order valence-electron chi connectivity index (χ4n) is 2.67. The van der Waals surface area contributed by atoms with Crippen LogP contribution in [0.3, 0.4) is 0 Å². The van der Waals surface area contributed by atoms with Gasteiger partial charge in [0.15, 0.2) is 5.78 Å². The zero-order valence-corrected chi connectivity index (χ0v) is 13.4. The van der Waals surface area contributed by atoms with Crippen LogP contribution < -0.4 is 0 Å². The Balaban J connectivity index is 1.98. The largest absolute Gasteiger partial charge is 0.293 e. The predicted molar refractivity (Wildman–Crippen MR) is 89.5 cm³/mol. The molecule has 0 fully saturated rings. The monoisotopic (exact) mass is 301 g/mol. The Kier molecular flexibility index (Phi) is 6.05. The van der Waals surface area contributed by atoms with Gasteiger partial charge in [0.2, 0.25) is 0 Å². The summed E-state index contributed by atoms with van der Waals surface area (Å²) >= 11 is 0. The number of nitrogens with zero attached hydrogens (tertiary/aromatic N) is 1. The summed E-state index contributed by atoms with van der Waals surface area (Å²) in [6.07, 6.45) is 11.1. The van der Waals surface area contributed by atoms with Gasteiger partial charge in [0.1, 0.15) is 5.82 Å². The number of halogens is 1. The van der Waals surface area contributed by atoms with E-state index in [-0.39, 0.29) is 17.5 Å². The zero-order valence-electron chi connectivity index (χ0n) is 13.4. The number of carbonyl (C=O) groups is 1. The molecule has 3 heteroatoms. The molecule has 0 saturated heterocycles. The Morgan fingerprint density at radius 1 is 1.23 bits per heavy atom. The molecule has 0 saturated carbocycles. The van der Waals surface area contributed by atoms with Crippen molar-refractivity contribution in [3.63, 3.8) is 0 Å². The topological polar surface area (TPSA) is 29.4 Å². The Morgan fingerprint density at radius 2 is 2.05 bits per heavy atom. The third kappa shape index (κ3) is 4.12. The summed E-state index contributed by atoms with van der Waals surface area (Å²) < 4.78 is 13.3. The van der Waals surface area contributed by atoms with Crippen LogP contribution in [0.25, 0.3) is 0 Å². The van der Waals surface area contributed by atoms with Crippen molar-refractivity contribution in [1.82, 2.24) is 0 Å². The van der Waals surface area contributed by atoms with E-state index < -0.39 is 0 Å². The van der Waals surface area contributed by atoms with E-state index in [2.05, 4.69) is 24.1 Å². The lowest BCUT2D eigenvalue weighted by molar-refractivity contribution is 0.0959. The van der Waals surface area contributed by atoms with Crippen molar-refractivity contribution in [2.45, 2.75) is 52.4 Å². The quantitative estimate of drug-likeness (QED) is 0.473. The first-order valence-electron chi connectivity index (χ1n) is 8.19. The van der Waals surface area contributed by atoms with Crippen molar-refractivity contribution in [3.8, 4) is 0 Å². The molecule has 1 aliphatic heterocycles. The summed E-state index contributed by atoms with van der Waals surface area (Å²) in [7, 11) is 0. The number of carbonyl (C=O) groups excluding carboxylic acids is 1. The van der Waals surface area contributed by atoms with Gasteiger partial charge in [0.05, 0.1) is 11.6 Å². The van der Waals surface area contributed by atoms with Crippen LogP contribution in [-0.2, 0) is 0 Å². The highest BCUT2D eigenvalue weighted by molar-refractivity contribution is 6.18. The molecule has 0 bridgehead atoms. The van der Waals surface area contributed by atoms with Gasteiger partial charge in [-0.15, -0.1) is 0 Å². The minimum atomic E-state index is -0.384. The van der Waals surface area contributed by atoms with Gasteiger partial charge in [-0.05, 0) is 38.0 Å². The van der Waals surface area contributed by atoms with Crippen LogP contribution >= 0.6 is 0 Å². The lowest BCUT2D eigenvalue weighted by atomic mass is 9.89. The molecular formula is C19H24FNO. The number of rotatable bonds is 7. The van der Waals surface area contributed by atoms with Crippen LogP contribution in [-0.4, -0.2) is 11.5 Å². The van der Waals surface area contributed by atoms with E-state index in [0.717, 1.165) is 12.1 Å². The zero-order chi connectivity index (χ0) is 15.9. The van der Waals surface area contributed by atoms with Gasteiger partial charge >= 0.3 is 0 Å². The number of ketones is 1.